The van der Waals surface area contributed by atoms with Crippen LogP contribution >= 0.6 is 11.3 Å². The highest BCUT2D eigenvalue weighted by Gasteiger charge is 2.10. The minimum Gasteiger partial charge on any atom is -0.308 e. The first-order valence-electron chi connectivity index (χ1n) is 8.32. The van der Waals surface area contributed by atoms with Crippen LogP contribution in [0, 0.1) is 6.92 Å². The highest BCUT2D eigenvalue weighted by molar-refractivity contribution is 7.14. The van der Waals surface area contributed by atoms with Crippen molar-refractivity contribution in [1.82, 2.24) is 9.55 Å². The van der Waals surface area contributed by atoms with Crippen LogP contribution in [0.25, 0.3) is 16.6 Å². The molecule has 0 saturated heterocycles. The molecule has 0 aliphatic rings. The summed E-state index contributed by atoms with van der Waals surface area (Å²) in [5, 5.41) is 8.76. The molecular weight excluding hydrogens is 360 g/mol. The molecule has 0 aliphatic carbocycles. The average Bonchev–Trinajstić information content (AvgIpc) is 3.16. The Morgan fingerprint density at radius 2 is 1.78 bits per heavy atom. The van der Waals surface area contributed by atoms with Crippen molar-refractivity contribution in [3.8, 4) is 5.69 Å². The van der Waals surface area contributed by atoms with E-state index in [1.54, 1.807) is 41.8 Å². The molecule has 4 rings (SSSR count). The summed E-state index contributed by atoms with van der Waals surface area (Å²) in [7, 11) is 0. The molecule has 0 aliphatic heterocycles. The van der Waals surface area contributed by atoms with Gasteiger partial charge in [0, 0.05) is 5.69 Å². The second-order valence-electron chi connectivity index (χ2n) is 5.92. The summed E-state index contributed by atoms with van der Waals surface area (Å²) in [5.41, 5.74) is 1.89. The molecule has 0 spiro atoms. The molecule has 2 aromatic carbocycles. The molecule has 0 saturated carbocycles. The van der Waals surface area contributed by atoms with Gasteiger partial charge in [0.05, 0.1) is 21.6 Å². The number of amides is 2. The number of nitrogens with one attached hydrogen (secondary N) is 2. The number of urea groups is 1. The fourth-order valence-electron chi connectivity index (χ4n) is 2.87. The van der Waals surface area contributed by atoms with Crippen molar-refractivity contribution in [3.05, 3.63) is 82.2 Å². The van der Waals surface area contributed by atoms with Crippen LogP contribution in [0.5, 0.6) is 0 Å². The van der Waals surface area contributed by atoms with Crippen LogP contribution in [-0.4, -0.2) is 15.6 Å². The van der Waals surface area contributed by atoms with E-state index in [1.165, 1.54) is 11.3 Å². The molecule has 7 heteroatoms. The van der Waals surface area contributed by atoms with Crippen molar-refractivity contribution >= 4 is 39.0 Å². The summed E-state index contributed by atoms with van der Waals surface area (Å²) < 4.78 is 1.57. The zero-order chi connectivity index (χ0) is 18.8. The molecule has 2 amide bonds. The summed E-state index contributed by atoms with van der Waals surface area (Å²) in [5.74, 6) is 0.606. The number of carbonyl (C=O) groups excluding carboxylic acids is 1. The molecule has 134 valence electrons. The summed E-state index contributed by atoms with van der Waals surface area (Å²) in [4.78, 5) is 29.4. The number of aryl methyl sites for hydroxylation is 1. The SMILES string of the molecule is Cc1nc2ccccc2c(=O)n1-c1ccc(NC(=O)Nc2cccs2)cc1. The van der Waals surface area contributed by atoms with Crippen molar-refractivity contribution in [2.75, 3.05) is 10.6 Å². The zero-order valence-corrected chi connectivity index (χ0v) is 15.3. The molecule has 0 unspecified atom stereocenters. The standard InChI is InChI=1S/C20H16N4O2S/c1-13-21-17-6-3-2-5-16(17)19(25)24(13)15-10-8-14(9-11-15)22-20(26)23-18-7-4-12-27-18/h2-12H,1H3,(H2,22,23,26). The van der Waals surface area contributed by atoms with E-state index in [0.717, 1.165) is 5.00 Å². The first-order chi connectivity index (χ1) is 13.1. The summed E-state index contributed by atoms with van der Waals surface area (Å²) in [6.45, 7) is 1.80. The molecule has 0 radical (unpaired) electrons. The monoisotopic (exact) mass is 376 g/mol. The van der Waals surface area contributed by atoms with E-state index < -0.39 is 0 Å². The summed E-state index contributed by atoms with van der Waals surface area (Å²) in [6.07, 6.45) is 0. The van der Waals surface area contributed by atoms with Gasteiger partial charge in [0.2, 0.25) is 0 Å². The van der Waals surface area contributed by atoms with Gasteiger partial charge in [-0.2, -0.15) is 0 Å². The van der Waals surface area contributed by atoms with Gasteiger partial charge in [0.25, 0.3) is 5.56 Å². The molecular formula is C20H16N4O2S. The number of benzene rings is 2. The normalized spacial score (nSPS) is 10.7. The number of nitrogens with zero attached hydrogens (tertiary/aromatic N) is 2. The Morgan fingerprint density at radius 1 is 1.00 bits per heavy atom. The van der Waals surface area contributed by atoms with E-state index in [0.29, 0.717) is 28.1 Å². The highest BCUT2D eigenvalue weighted by Crippen LogP contribution is 2.17. The van der Waals surface area contributed by atoms with Gasteiger partial charge in [0.1, 0.15) is 5.82 Å². The van der Waals surface area contributed by atoms with E-state index in [2.05, 4.69) is 15.6 Å². The molecule has 2 aromatic heterocycles. The van der Waals surface area contributed by atoms with Gasteiger partial charge in [-0.3, -0.25) is 14.7 Å². The Balaban J connectivity index is 1.60. The van der Waals surface area contributed by atoms with E-state index in [-0.39, 0.29) is 11.6 Å². The lowest BCUT2D eigenvalue weighted by molar-refractivity contribution is 0.262. The molecule has 4 aromatic rings. The smallest absolute Gasteiger partial charge is 0.308 e. The van der Waals surface area contributed by atoms with Crippen LogP contribution in [0.4, 0.5) is 15.5 Å². The lowest BCUT2D eigenvalue weighted by Crippen LogP contribution is -2.22. The number of para-hydroxylation sites is 1. The van der Waals surface area contributed by atoms with Crippen molar-refractivity contribution in [3.63, 3.8) is 0 Å². The second kappa shape index (κ2) is 7.05. The quantitative estimate of drug-likeness (QED) is 0.556. The third kappa shape index (κ3) is 3.45. The third-order valence-electron chi connectivity index (χ3n) is 4.08. The molecule has 2 heterocycles. The van der Waals surface area contributed by atoms with Crippen LogP contribution in [0.15, 0.2) is 70.8 Å². The van der Waals surface area contributed by atoms with Gasteiger partial charge in [-0.05, 0) is 60.8 Å². The Labute approximate surface area is 159 Å². The topological polar surface area (TPSA) is 76.0 Å². The molecule has 2 N–H and O–H groups in total. The number of hydrogen-bond donors (Lipinski definition) is 2. The Morgan fingerprint density at radius 3 is 2.52 bits per heavy atom. The lowest BCUT2D eigenvalue weighted by Gasteiger charge is -2.12. The van der Waals surface area contributed by atoms with E-state index in [4.69, 9.17) is 0 Å². The lowest BCUT2D eigenvalue weighted by atomic mass is 10.2. The van der Waals surface area contributed by atoms with Crippen LogP contribution < -0.4 is 16.2 Å². The maximum Gasteiger partial charge on any atom is 0.324 e. The summed E-state index contributed by atoms with van der Waals surface area (Å²) in [6, 6.07) is 17.7. The van der Waals surface area contributed by atoms with Gasteiger partial charge < -0.3 is 5.32 Å². The van der Waals surface area contributed by atoms with E-state index >= 15 is 0 Å². The van der Waals surface area contributed by atoms with Crippen LogP contribution in [0.3, 0.4) is 0 Å². The largest absolute Gasteiger partial charge is 0.324 e. The maximum absolute atomic E-state index is 12.8. The Bertz CT molecular complexity index is 1170. The van der Waals surface area contributed by atoms with Gasteiger partial charge in [-0.15, -0.1) is 11.3 Å². The molecule has 0 bridgehead atoms. The fraction of sp³-hybridized carbons (Fsp3) is 0.0500. The molecule has 6 nitrogen and oxygen atoms in total. The predicted molar refractivity (Wildman–Crippen MR) is 109 cm³/mol. The minimum atomic E-state index is -0.314. The first-order valence-corrected chi connectivity index (χ1v) is 9.20. The molecule has 0 atom stereocenters. The number of thiophene rings is 1. The number of fused-ring (bicyclic) bond motifs is 1. The van der Waals surface area contributed by atoms with Gasteiger partial charge in [-0.1, -0.05) is 12.1 Å². The van der Waals surface area contributed by atoms with E-state index in [9.17, 15) is 9.59 Å². The zero-order valence-electron chi connectivity index (χ0n) is 14.5. The van der Waals surface area contributed by atoms with Crippen molar-refractivity contribution in [2.45, 2.75) is 6.92 Å². The number of aromatic nitrogens is 2. The Hall–Kier alpha value is -3.45. The number of rotatable bonds is 3. The minimum absolute atomic E-state index is 0.116. The van der Waals surface area contributed by atoms with Crippen molar-refractivity contribution in [1.29, 1.82) is 0 Å². The van der Waals surface area contributed by atoms with Crippen LogP contribution in [-0.2, 0) is 0 Å². The van der Waals surface area contributed by atoms with Crippen molar-refractivity contribution in [2.24, 2.45) is 0 Å². The highest BCUT2D eigenvalue weighted by atomic mass is 32.1. The number of anilines is 2. The summed E-state index contributed by atoms with van der Waals surface area (Å²) >= 11 is 1.45. The third-order valence-corrected chi connectivity index (χ3v) is 4.87. The number of hydrogen-bond acceptors (Lipinski definition) is 4. The second-order valence-corrected chi connectivity index (χ2v) is 6.87. The maximum atomic E-state index is 12.8. The van der Waals surface area contributed by atoms with E-state index in [1.807, 2.05) is 35.7 Å². The van der Waals surface area contributed by atoms with Gasteiger partial charge in [-0.25, -0.2) is 9.78 Å². The molecule has 27 heavy (non-hydrogen) atoms. The number of carbonyl (C=O) groups is 1. The first kappa shape index (κ1) is 17.0. The predicted octanol–water partition coefficient (Wildman–Crippen LogP) is 4.40. The van der Waals surface area contributed by atoms with Gasteiger partial charge >= 0.3 is 6.03 Å². The van der Waals surface area contributed by atoms with Crippen molar-refractivity contribution < 1.29 is 4.79 Å². The average molecular weight is 376 g/mol. The van der Waals surface area contributed by atoms with Gasteiger partial charge in [0.15, 0.2) is 0 Å². The Kier molecular flexibility index (Phi) is 4.43. The van der Waals surface area contributed by atoms with Crippen LogP contribution in [0.1, 0.15) is 5.82 Å². The van der Waals surface area contributed by atoms with Crippen LogP contribution in [0.2, 0.25) is 0 Å². The molecule has 0 fully saturated rings. The fourth-order valence-corrected chi connectivity index (χ4v) is 3.48.